The van der Waals surface area contributed by atoms with Gasteiger partial charge in [-0.25, -0.2) is 0 Å². The summed E-state index contributed by atoms with van der Waals surface area (Å²) in [5.41, 5.74) is 2.51. The summed E-state index contributed by atoms with van der Waals surface area (Å²) in [6.07, 6.45) is 0. The van der Waals surface area contributed by atoms with Crippen LogP contribution in [0.15, 0.2) is 60.7 Å². The number of nitrogens with one attached hydrogen (secondary N) is 3. The van der Waals surface area contributed by atoms with Crippen LogP contribution in [-0.2, 0) is 11.3 Å². The van der Waals surface area contributed by atoms with Gasteiger partial charge in [0.15, 0.2) is 11.5 Å². The van der Waals surface area contributed by atoms with Crippen LogP contribution in [0.2, 0.25) is 5.02 Å². The molecule has 3 rings (SSSR count). The molecule has 0 aliphatic carbocycles. The number of anilines is 3. The number of carbonyl (C=O) groups excluding carboxylic acids is 2. The number of benzene rings is 2. The highest BCUT2D eigenvalue weighted by Gasteiger charge is 2.09. The molecule has 0 saturated heterocycles. The minimum absolute atomic E-state index is 0.130. The first kappa shape index (κ1) is 19.3. The van der Waals surface area contributed by atoms with Crippen LogP contribution in [0.3, 0.4) is 0 Å². The molecular formula is C20H18ClN5O2. The summed E-state index contributed by atoms with van der Waals surface area (Å²) in [7, 11) is 0. The lowest BCUT2D eigenvalue weighted by molar-refractivity contribution is -0.114. The van der Waals surface area contributed by atoms with Crippen LogP contribution >= 0.6 is 11.6 Å². The number of carbonyl (C=O) groups is 2. The van der Waals surface area contributed by atoms with Crippen LogP contribution < -0.4 is 16.0 Å². The van der Waals surface area contributed by atoms with Gasteiger partial charge < -0.3 is 16.0 Å². The van der Waals surface area contributed by atoms with Crippen molar-refractivity contribution in [1.29, 1.82) is 0 Å². The number of hydrogen-bond donors (Lipinski definition) is 3. The highest BCUT2D eigenvalue weighted by atomic mass is 35.5. The third-order valence-electron chi connectivity index (χ3n) is 3.77. The van der Waals surface area contributed by atoms with Gasteiger partial charge in [-0.05, 0) is 48.0 Å². The summed E-state index contributed by atoms with van der Waals surface area (Å²) < 4.78 is 0. The lowest BCUT2D eigenvalue weighted by atomic mass is 10.2. The molecule has 0 aliphatic rings. The van der Waals surface area contributed by atoms with Crippen LogP contribution in [0.1, 0.15) is 23.0 Å². The first-order valence-corrected chi connectivity index (χ1v) is 8.89. The molecule has 142 valence electrons. The monoisotopic (exact) mass is 395 g/mol. The molecule has 7 nitrogen and oxygen atoms in total. The van der Waals surface area contributed by atoms with E-state index < -0.39 is 0 Å². The zero-order valence-corrected chi connectivity index (χ0v) is 15.8. The van der Waals surface area contributed by atoms with E-state index in [-0.39, 0.29) is 17.5 Å². The Morgan fingerprint density at radius 2 is 1.64 bits per heavy atom. The summed E-state index contributed by atoms with van der Waals surface area (Å²) in [6, 6.07) is 17.7. The molecule has 1 heterocycles. The molecular weight excluding hydrogens is 378 g/mol. The maximum atomic E-state index is 12.2. The standard InChI is InChI=1S/C20H18ClN5O2/c1-13(27)23-15-6-8-16(9-7-15)24-19-11-10-18(25-26-19)20(28)22-12-14-4-2-3-5-17(14)21/h2-11H,12H2,1H3,(H,22,28)(H,23,27)(H,24,26). The number of aromatic nitrogens is 2. The maximum Gasteiger partial charge on any atom is 0.272 e. The van der Waals surface area contributed by atoms with Gasteiger partial charge >= 0.3 is 0 Å². The van der Waals surface area contributed by atoms with Gasteiger partial charge in [-0.15, -0.1) is 10.2 Å². The molecule has 3 aromatic rings. The minimum Gasteiger partial charge on any atom is -0.347 e. The van der Waals surface area contributed by atoms with Gasteiger partial charge in [0.2, 0.25) is 5.91 Å². The van der Waals surface area contributed by atoms with Crippen molar-refractivity contribution in [3.63, 3.8) is 0 Å². The van der Waals surface area contributed by atoms with Crippen LogP contribution in [0.4, 0.5) is 17.2 Å². The van der Waals surface area contributed by atoms with E-state index >= 15 is 0 Å². The predicted molar refractivity (Wildman–Crippen MR) is 109 cm³/mol. The molecule has 28 heavy (non-hydrogen) atoms. The lowest BCUT2D eigenvalue weighted by Gasteiger charge is -2.08. The van der Waals surface area contributed by atoms with Crippen molar-refractivity contribution in [3.05, 3.63) is 76.9 Å². The smallest absolute Gasteiger partial charge is 0.272 e. The largest absolute Gasteiger partial charge is 0.347 e. The molecule has 2 amide bonds. The van der Waals surface area contributed by atoms with E-state index in [0.29, 0.717) is 23.1 Å². The fraction of sp³-hybridized carbons (Fsp3) is 0.100. The maximum absolute atomic E-state index is 12.2. The van der Waals surface area contributed by atoms with Crippen LogP contribution in [-0.4, -0.2) is 22.0 Å². The quantitative estimate of drug-likeness (QED) is 0.590. The van der Waals surface area contributed by atoms with Gasteiger partial charge in [0.05, 0.1) is 0 Å². The summed E-state index contributed by atoms with van der Waals surface area (Å²) >= 11 is 6.08. The first-order valence-electron chi connectivity index (χ1n) is 8.51. The van der Waals surface area contributed by atoms with Crippen molar-refractivity contribution in [3.8, 4) is 0 Å². The zero-order chi connectivity index (χ0) is 19.9. The van der Waals surface area contributed by atoms with Crippen molar-refractivity contribution < 1.29 is 9.59 Å². The summed E-state index contributed by atoms with van der Waals surface area (Å²) in [6.45, 7) is 1.76. The van der Waals surface area contributed by atoms with E-state index in [2.05, 4.69) is 26.1 Å². The third kappa shape index (κ3) is 5.28. The molecule has 0 atom stereocenters. The Morgan fingerprint density at radius 3 is 2.29 bits per heavy atom. The van der Waals surface area contributed by atoms with Crippen molar-refractivity contribution >= 4 is 40.6 Å². The fourth-order valence-electron chi connectivity index (χ4n) is 2.42. The minimum atomic E-state index is -0.335. The first-order chi connectivity index (χ1) is 13.5. The van der Waals surface area contributed by atoms with Gasteiger partial charge in [-0.2, -0.15) is 0 Å². The van der Waals surface area contributed by atoms with E-state index in [9.17, 15) is 9.59 Å². The molecule has 0 unspecified atom stereocenters. The second kappa shape index (κ2) is 8.96. The molecule has 0 radical (unpaired) electrons. The fourth-order valence-corrected chi connectivity index (χ4v) is 2.62. The molecule has 1 aromatic heterocycles. The van der Waals surface area contributed by atoms with E-state index in [0.717, 1.165) is 11.3 Å². The van der Waals surface area contributed by atoms with Crippen molar-refractivity contribution in [2.24, 2.45) is 0 Å². The van der Waals surface area contributed by atoms with Crippen LogP contribution in [0.5, 0.6) is 0 Å². The van der Waals surface area contributed by atoms with E-state index in [1.807, 2.05) is 18.2 Å². The second-order valence-corrected chi connectivity index (χ2v) is 6.37. The SMILES string of the molecule is CC(=O)Nc1ccc(Nc2ccc(C(=O)NCc3ccccc3Cl)nn2)cc1. The highest BCUT2D eigenvalue weighted by molar-refractivity contribution is 6.31. The average Bonchev–Trinajstić information content (AvgIpc) is 2.69. The molecule has 0 spiro atoms. The van der Waals surface area contributed by atoms with Gasteiger partial charge in [0.1, 0.15) is 0 Å². The molecule has 0 bridgehead atoms. The Labute approximate surface area is 167 Å². The molecule has 0 fully saturated rings. The number of amides is 2. The Kier molecular flexibility index (Phi) is 6.18. The number of rotatable bonds is 6. The Bertz CT molecular complexity index is 975. The normalized spacial score (nSPS) is 10.2. The summed E-state index contributed by atoms with van der Waals surface area (Å²) in [5, 5.41) is 17.1. The molecule has 0 saturated carbocycles. The molecule has 3 N–H and O–H groups in total. The van der Waals surface area contributed by atoms with Crippen molar-refractivity contribution in [1.82, 2.24) is 15.5 Å². The highest BCUT2D eigenvalue weighted by Crippen LogP contribution is 2.17. The van der Waals surface area contributed by atoms with Crippen LogP contribution in [0, 0.1) is 0 Å². The Morgan fingerprint density at radius 1 is 0.929 bits per heavy atom. The molecule has 8 heteroatoms. The molecule has 2 aromatic carbocycles. The van der Waals surface area contributed by atoms with E-state index in [1.54, 1.807) is 42.5 Å². The third-order valence-corrected chi connectivity index (χ3v) is 4.14. The van der Waals surface area contributed by atoms with Crippen molar-refractivity contribution in [2.75, 3.05) is 10.6 Å². The van der Waals surface area contributed by atoms with E-state index in [1.165, 1.54) is 6.92 Å². The Balaban J connectivity index is 1.57. The van der Waals surface area contributed by atoms with E-state index in [4.69, 9.17) is 11.6 Å². The number of nitrogens with zero attached hydrogens (tertiary/aromatic N) is 2. The summed E-state index contributed by atoms with van der Waals surface area (Å²) in [5.74, 6) is 0.0311. The zero-order valence-electron chi connectivity index (χ0n) is 15.1. The molecule has 0 aliphatic heterocycles. The van der Waals surface area contributed by atoms with Gasteiger partial charge in [-0.3, -0.25) is 9.59 Å². The Hall–Kier alpha value is -3.45. The lowest BCUT2D eigenvalue weighted by Crippen LogP contribution is -2.24. The second-order valence-electron chi connectivity index (χ2n) is 5.96. The average molecular weight is 396 g/mol. The summed E-state index contributed by atoms with van der Waals surface area (Å²) in [4.78, 5) is 23.2. The van der Waals surface area contributed by atoms with Crippen LogP contribution in [0.25, 0.3) is 0 Å². The predicted octanol–water partition coefficient (Wildman–Crippen LogP) is 3.76. The van der Waals surface area contributed by atoms with Crippen molar-refractivity contribution in [2.45, 2.75) is 13.5 Å². The number of hydrogen-bond acceptors (Lipinski definition) is 5. The van der Waals surface area contributed by atoms with Gasteiger partial charge in [0, 0.05) is 29.9 Å². The van der Waals surface area contributed by atoms with Gasteiger partial charge in [-0.1, -0.05) is 29.8 Å². The topological polar surface area (TPSA) is 96.0 Å². The van der Waals surface area contributed by atoms with Gasteiger partial charge in [0.25, 0.3) is 5.91 Å². The number of halogens is 1.